The number of aliphatic hydroxyl groups excluding tert-OH is 2. The molecule has 0 bridgehead atoms. The predicted molar refractivity (Wildman–Crippen MR) is 216 cm³/mol. The van der Waals surface area contributed by atoms with Crippen LogP contribution < -0.4 is 5.32 Å². The Balaban J connectivity index is 3.44. The first-order chi connectivity index (χ1) is 24.2. The highest BCUT2D eigenvalue weighted by molar-refractivity contribution is 5.76. The van der Waals surface area contributed by atoms with Crippen molar-refractivity contribution in [3.05, 3.63) is 0 Å². The summed E-state index contributed by atoms with van der Waals surface area (Å²) in [6.07, 6.45) is 50.4. The quantitative estimate of drug-likeness (QED) is 0.0557. The molecular formula is C45H91NO3. The number of nitrogens with one attached hydrogen (secondary N) is 1. The first-order valence-electron chi connectivity index (χ1n) is 22.7. The lowest BCUT2D eigenvalue weighted by Crippen LogP contribution is -2.45. The van der Waals surface area contributed by atoms with E-state index in [1.165, 1.54) is 212 Å². The number of carbonyl (C=O) groups excluding carboxylic acids is 1. The van der Waals surface area contributed by atoms with Crippen molar-refractivity contribution in [1.29, 1.82) is 0 Å². The Morgan fingerprint density at radius 3 is 0.918 bits per heavy atom. The van der Waals surface area contributed by atoms with E-state index in [9.17, 15) is 15.0 Å². The molecule has 49 heavy (non-hydrogen) atoms. The van der Waals surface area contributed by atoms with E-state index in [-0.39, 0.29) is 12.5 Å². The third kappa shape index (κ3) is 38.5. The molecule has 0 fully saturated rings. The van der Waals surface area contributed by atoms with Crippen LogP contribution >= 0.6 is 0 Å². The van der Waals surface area contributed by atoms with E-state index in [4.69, 9.17) is 0 Å². The molecule has 4 heteroatoms. The van der Waals surface area contributed by atoms with Crippen molar-refractivity contribution in [2.24, 2.45) is 0 Å². The maximum Gasteiger partial charge on any atom is 0.220 e. The fourth-order valence-corrected chi connectivity index (χ4v) is 7.36. The van der Waals surface area contributed by atoms with Crippen LogP contribution in [0.2, 0.25) is 0 Å². The molecule has 0 aliphatic rings. The van der Waals surface area contributed by atoms with E-state index < -0.39 is 12.1 Å². The molecule has 0 spiro atoms. The van der Waals surface area contributed by atoms with E-state index in [1.54, 1.807) is 0 Å². The van der Waals surface area contributed by atoms with Gasteiger partial charge in [-0.1, -0.05) is 245 Å². The standard InChI is InChI=1S/C45H91NO3/c1-3-5-7-9-11-13-15-17-19-20-21-22-23-24-25-27-29-31-33-35-37-39-41-45(49)46-43(42-47)44(48)40-38-36-34-32-30-28-26-18-16-14-12-10-8-6-4-2/h43-44,47-48H,3-42H2,1-2H3,(H,46,49)/t43-,44+/m0/s1. The van der Waals surface area contributed by atoms with Crippen molar-refractivity contribution in [3.8, 4) is 0 Å². The van der Waals surface area contributed by atoms with Gasteiger partial charge in [0.05, 0.1) is 18.8 Å². The van der Waals surface area contributed by atoms with Crippen LogP contribution in [0.4, 0.5) is 0 Å². The van der Waals surface area contributed by atoms with Gasteiger partial charge in [-0.25, -0.2) is 0 Å². The third-order valence-electron chi connectivity index (χ3n) is 10.9. The van der Waals surface area contributed by atoms with Crippen LogP contribution in [0.15, 0.2) is 0 Å². The largest absolute Gasteiger partial charge is 0.394 e. The maximum absolute atomic E-state index is 12.4. The Kier molecular flexibility index (Phi) is 41.3. The van der Waals surface area contributed by atoms with Gasteiger partial charge in [0.1, 0.15) is 0 Å². The molecule has 0 unspecified atom stereocenters. The fourth-order valence-electron chi connectivity index (χ4n) is 7.36. The van der Waals surface area contributed by atoms with E-state index in [2.05, 4.69) is 19.2 Å². The van der Waals surface area contributed by atoms with Crippen molar-refractivity contribution in [2.75, 3.05) is 6.61 Å². The van der Waals surface area contributed by atoms with E-state index in [0.717, 1.165) is 25.7 Å². The zero-order valence-electron chi connectivity index (χ0n) is 33.7. The lowest BCUT2D eigenvalue weighted by atomic mass is 10.0. The highest BCUT2D eigenvalue weighted by Crippen LogP contribution is 2.17. The summed E-state index contributed by atoms with van der Waals surface area (Å²) in [4.78, 5) is 12.4. The van der Waals surface area contributed by atoms with Crippen LogP contribution in [0.25, 0.3) is 0 Å². The molecule has 0 saturated heterocycles. The van der Waals surface area contributed by atoms with Gasteiger partial charge < -0.3 is 15.5 Å². The van der Waals surface area contributed by atoms with Crippen molar-refractivity contribution >= 4 is 5.91 Å². The van der Waals surface area contributed by atoms with Crippen LogP contribution in [0.5, 0.6) is 0 Å². The fraction of sp³-hybridized carbons (Fsp3) is 0.978. The molecule has 0 saturated carbocycles. The highest BCUT2D eigenvalue weighted by atomic mass is 16.3. The van der Waals surface area contributed by atoms with Gasteiger partial charge in [-0.3, -0.25) is 4.79 Å². The number of aliphatic hydroxyl groups is 2. The van der Waals surface area contributed by atoms with Crippen LogP contribution in [-0.2, 0) is 4.79 Å². The minimum atomic E-state index is -0.652. The molecular weight excluding hydrogens is 602 g/mol. The number of amides is 1. The van der Waals surface area contributed by atoms with Crippen LogP contribution in [0.1, 0.15) is 264 Å². The number of hydrogen-bond donors (Lipinski definition) is 3. The summed E-state index contributed by atoms with van der Waals surface area (Å²) >= 11 is 0. The molecule has 0 aliphatic carbocycles. The normalized spacial score (nSPS) is 12.8. The number of carbonyl (C=O) groups is 1. The molecule has 0 radical (unpaired) electrons. The summed E-state index contributed by atoms with van der Waals surface area (Å²) in [6, 6.07) is -0.529. The molecule has 0 rings (SSSR count). The number of unbranched alkanes of at least 4 members (excludes halogenated alkanes) is 35. The van der Waals surface area contributed by atoms with Gasteiger partial charge in [0.15, 0.2) is 0 Å². The predicted octanol–water partition coefficient (Wildman–Crippen LogP) is 14.1. The molecule has 0 aromatic rings. The topological polar surface area (TPSA) is 69.6 Å². The van der Waals surface area contributed by atoms with Crippen molar-refractivity contribution < 1.29 is 15.0 Å². The monoisotopic (exact) mass is 694 g/mol. The van der Waals surface area contributed by atoms with Gasteiger partial charge in [-0.15, -0.1) is 0 Å². The highest BCUT2D eigenvalue weighted by Gasteiger charge is 2.20. The number of rotatable bonds is 42. The van der Waals surface area contributed by atoms with E-state index in [0.29, 0.717) is 12.8 Å². The second-order valence-electron chi connectivity index (χ2n) is 15.8. The van der Waals surface area contributed by atoms with E-state index >= 15 is 0 Å². The lowest BCUT2D eigenvalue weighted by Gasteiger charge is -2.22. The minimum absolute atomic E-state index is 0.0252. The lowest BCUT2D eigenvalue weighted by molar-refractivity contribution is -0.123. The second kappa shape index (κ2) is 41.8. The molecule has 1 amide bonds. The summed E-state index contributed by atoms with van der Waals surface area (Å²) in [5.41, 5.74) is 0. The molecule has 4 nitrogen and oxygen atoms in total. The Bertz CT molecular complexity index is 626. The first-order valence-corrected chi connectivity index (χ1v) is 22.7. The average molecular weight is 694 g/mol. The van der Waals surface area contributed by atoms with Gasteiger partial charge in [0, 0.05) is 6.42 Å². The summed E-state index contributed by atoms with van der Waals surface area (Å²) in [5, 5.41) is 23.2. The smallest absolute Gasteiger partial charge is 0.220 e. The number of hydrogen-bond acceptors (Lipinski definition) is 3. The maximum atomic E-state index is 12.4. The SMILES string of the molecule is CCCCCCCCCCCCCCCCCCCCCCCCC(=O)N[C@@H](CO)[C@H](O)CCCCCCCCCCCCCCCCC. The first kappa shape index (κ1) is 48.4. The van der Waals surface area contributed by atoms with Gasteiger partial charge in [0.2, 0.25) is 5.91 Å². The van der Waals surface area contributed by atoms with Crippen molar-refractivity contribution in [2.45, 2.75) is 276 Å². The Labute approximate surface area is 308 Å². The summed E-state index contributed by atoms with van der Waals surface area (Å²) in [7, 11) is 0. The molecule has 2 atom stereocenters. The van der Waals surface area contributed by atoms with Crippen LogP contribution in [0, 0.1) is 0 Å². The van der Waals surface area contributed by atoms with Crippen molar-refractivity contribution in [1.82, 2.24) is 5.32 Å². The summed E-state index contributed by atoms with van der Waals surface area (Å²) in [5.74, 6) is -0.0252. The van der Waals surface area contributed by atoms with Gasteiger partial charge in [-0.2, -0.15) is 0 Å². The van der Waals surface area contributed by atoms with Gasteiger partial charge in [0.25, 0.3) is 0 Å². The second-order valence-corrected chi connectivity index (χ2v) is 15.8. The molecule has 0 aromatic carbocycles. The zero-order valence-corrected chi connectivity index (χ0v) is 33.7. The Morgan fingerprint density at radius 1 is 0.408 bits per heavy atom. The average Bonchev–Trinajstić information content (AvgIpc) is 3.10. The summed E-state index contributed by atoms with van der Waals surface area (Å²) < 4.78 is 0. The summed E-state index contributed by atoms with van der Waals surface area (Å²) in [6.45, 7) is 4.38. The zero-order chi connectivity index (χ0) is 35.7. The molecule has 294 valence electrons. The van der Waals surface area contributed by atoms with Gasteiger partial charge >= 0.3 is 0 Å². The van der Waals surface area contributed by atoms with E-state index in [1.807, 2.05) is 0 Å². The molecule has 0 heterocycles. The molecule has 0 aliphatic heterocycles. The minimum Gasteiger partial charge on any atom is -0.394 e. The van der Waals surface area contributed by atoms with Gasteiger partial charge in [-0.05, 0) is 12.8 Å². The Morgan fingerprint density at radius 2 is 0.653 bits per heavy atom. The van der Waals surface area contributed by atoms with Crippen molar-refractivity contribution in [3.63, 3.8) is 0 Å². The molecule has 0 aromatic heterocycles. The molecule has 3 N–H and O–H groups in total. The van der Waals surface area contributed by atoms with Crippen LogP contribution in [-0.4, -0.2) is 34.9 Å². The Hall–Kier alpha value is -0.610. The van der Waals surface area contributed by atoms with Crippen LogP contribution in [0.3, 0.4) is 0 Å². The third-order valence-corrected chi connectivity index (χ3v) is 10.9.